The van der Waals surface area contributed by atoms with Crippen LogP contribution in [-0.2, 0) is 4.74 Å². The van der Waals surface area contributed by atoms with Crippen molar-refractivity contribution >= 4 is 38.1 Å². The zero-order valence-electron chi connectivity index (χ0n) is 14.5. The van der Waals surface area contributed by atoms with Crippen LogP contribution in [0.3, 0.4) is 0 Å². The predicted molar refractivity (Wildman–Crippen MR) is 105 cm³/mol. The van der Waals surface area contributed by atoms with Crippen molar-refractivity contribution in [2.75, 3.05) is 13.2 Å². The number of carbonyl (C=O) groups excluding carboxylic acids is 1. The lowest BCUT2D eigenvalue weighted by Gasteiger charge is -2.13. The fourth-order valence-corrected chi connectivity index (χ4v) is 3.69. The van der Waals surface area contributed by atoms with Crippen LogP contribution in [0.1, 0.15) is 36.5 Å². The Kier molecular flexibility index (Phi) is 4.37. The van der Waals surface area contributed by atoms with E-state index in [1.54, 1.807) is 0 Å². The summed E-state index contributed by atoms with van der Waals surface area (Å²) in [6.07, 6.45) is 2.33. The van der Waals surface area contributed by atoms with Gasteiger partial charge in [0.25, 0.3) is 0 Å². The Labute approximate surface area is 147 Å². The molecule has 0 heterocycles. The number of Topliss-reactive ketones (excluding diaryl/α,β-unsaturated/α-hetero) is 1. The summed E-state index contributed by atoms with van der Waals surface area (Å²) in [7, 11) is 0. The minimum atomic E-state index is 0.207. The van der Waals surface area contributed by atoms with Crippen LogP contribution < -0.4 is 0 Å². The molecule has 0 amide bonds. The highest BCUT2D eigenvalue weighted by Crippen LogP contribution is 2.36. The maximum atomic E-state index is 12.8. The molecular formula is C23H22O2. The van der Waals surface area contributed by atoms with Gasteiger partial charge in [-0.05, 0) is 45.2 Å². The molecule has 0 aliphatic rings. The molecule has 0 atom stereocenters. The van der Waals surface area contributed by atoms with Crippen molar-refractivity contribution in [3.05, 3.63) is 60.2 Å². The Bertz CT molecular complexity index is 1020. The van der Waals surface area contributed by atoms with Gasteiger partial charge >= 0.3 is 0 Å². The summed E-state index contributed by atoms with van der Waals surface area (Å²) in [5.41, 5.74) is 0.834. The first-order valence-corrected chi connectivity index (χ1v) is 9.07. The van der Waals surface area contributed by atoms with E-state index in [0.29, 0.717) is 13.0 Å². The van der Waals surface area contributed by atoms with Gasteiger partial charge in [0.15, 0.2) is 5.78 Å². The summed E-state index contributed by atoms with van der Waals surface area (Å²) >= 11 is 0. The van der Waals surface area contributed by atoms with Crippen molar-refractivity contribution < 1.29 is 9.53 Å². The van der Waals surface area contributed by atoms with E-state index in [1.165, 1.54) is 26.9 Å². The molecule has 25 heavy (non-hydrogen) atoms. The SMILES string of the molecule is CCCOCCCC(=O)c1ccc2ccc3cccc4ccc1c2c34. The highest BCUT2D eigenvalue weighted by molar-refractivity contribution is 6.26. The number of carbonyl (C=O) groups is 1. The Morgan fingerprint density at radius 3 is 2.28 bits per heavy atom. The molecule has 0 spiro atoms. The van der Waals surface area contributed by atoms with Gasteiger partial charge in [-0.3, -0.25) is 4.79 Å². The standard InChI is InChI=1S/C23H22O2/c1-2-14-25-15-4-7-21(24)19-12-10-18-9-8-16-5-3-6-17-11-13-20(19)23(18)22(16)17/h3,5-6,8-13H,2,4,7,14-15H2,1H3. The maximum absolute atomic E-state index is 12.8. The zero-order chi connectivity index (χ0) is 17.2. The topological polar surface area (TPSA) is 26.3 Å². The summed E-state index contributed by atoms with van der Waals surface area (Å²) in [5, 5.41) is 7.20. The molecule has 0 unspecified atom stereocenters. The highest BCUT2D eigenvalue weighted by atomic mass is 16.5. The van der Waals surface area contributed by atoms with Gasteiger partial charge in [0.05, 0.1) is 0 Å². The minimum Gasteiger partial charge on any atom is -0.381 e. The Balaban J connectivity index is 1.73. The van der Waals surface area contributed by atoms with Gasteiger partial charge in [0.1, 0.15) is 0 Å². The van der Waals surface area contributed by atoms with Crippen molar-refractivity contribution in [2.24, 2.45) is 0 Å². The molecular weight excluding hydrogens is 308 g/mol. The maximum Gasteiger partial charge on any atom is 0.163 e. The largest absolute Gasteiger partial charge is 0.381 e. The summed E-state index contributed by atoms with van der Waals surface area (Å²) < 4.78 is 5.50. The monoisotopic (exact) mass is 330 g/mol. The number of ketones is 1. The van der Waals surface area contributed by atoms with Gasteiger partial charge in [-0.1, -0.05) is 61.5 Å². The number of rotatable bonds is 7. The van der Waals surface area contributed by atoms with E-state index < -0.39 is 0 Å². The molecule has 0 saturated carbocycles. The lowest BCUT2D eigenvalue weighted by Crippen LogP contribution is -2.04. The molecule has 0 bridgehead atoms. The third-order valence-electron chi connectivity index (χ3n) is 4.87. The third-order valence-corrected chi connectivity index (χ3v) is 4.87. The van der Waals surface area contributed by atoms with E-state index in [1.807, 2.05) is 6.07 Å². The molecule has 0 aromatic heterocycles. The van der Waals surface area contributed by atoms with Gasteiger partial charge in [-0.25, -0.2) is 0 Å². The average Bonchev–Trinajstić information content (AvgIpc) is 2.65. The van der Waals surface area contributed by atoms with E-state index in [9.17, 15) is 4.79 Å². The molecule has 0 N–H and O–H groups in total. The van der Waals surface area contributed by atoms with Crippen LogP contribution in [0.15, 0.2) is 54.6 Å². The van der Waals surface area contributed by atoms with Crippen LogP contribution in [0.5, 0.6) is 0 Å². The molecule has 0 radical (unpaired) electrons. The first kappa shape index (κ1) is 16.0. The fourth-order valence-electron chi connectivity index (χ4n) is 3.69. The van der Waals surface area contributed by atoms with Crippen molar-refractivity contribution in [2.45, 2.75) is 26.2 Å². The van der Waals surface area contributed by atoms with Crippen LogP contribution in [0.25, 0.3) is 32.3 Å². The van der Waals surface area contributed by atoms with Crippen LogP contribution in [-0.4, -0.2) is 19.0 Å². The van der Waals surface area contributed by atoms with E-state index in [2.05, 4.69) is 55.5 Å². The third kappa shape index (κ3) is 2.87. The first-order valence-electron chi connectivity index (χ1n) is 9.07. The van der Waals surface area contributed by atoms with Crippen molar-refractivity contribution in [3.63, 3.8) is 0 Å². The van der Waals surface area contributed by atoms with E-state index in [4.69, 9.17) is 4.74 Å². The van der Waals surface area contributed by atoms with Crippen LogP contribution in [0.2, 0.25) is 0 Å². The minimum absolute atomic E-state index is 0.207. The average molecular weight is 330 g/mol. The molecule has 0 saturated heterocycles. The van der Waals surface area contributed by atoms with Crippen molar-refractivity contribution in [1.82, 2.24) is 0 Å². The summed E-state index contributed by atoms with van der Waals surface area (Å²) in [4.78, 5) is 12.8. The Hall–Kier alpha value is -2.45. The summed E-state index contributed by atoms with van der Waals surface area (Å²) in [6.45, 7) is 3.52. The van der Waals surface area contributed by atoms with E-state index >= 15 is 0 Å². The van der Waals surface area contributed by atoms with Gasteiger partial charge < -0.3 is 4.74 Å². The van der Waals surface area contributed by atoms with E-state index in [0.717, 1.165) is 30.4 Å². The van der Waals surface area contributed by atoms with Crippen LogP contribution in [0, 0.1) is 0 Å². The summed E-state index contributed by atoms with van der Waals surface area (Å²) in [5.74, 6) is 0.207. The molecule has 0 fully saturated rings. The van der Waals surface area contributed by atoms with Crippen LogP contribution in [0.4, 0.5) is 0 Å². The molecule has 4 rings (SSSR count). The second-order valence-electron chi connectivity index (χ2n) is 6.61. The van der Waals surface area contributed by atoms with Gasteiger partial charge in [-0.2, -0.15) is 0 Å². The van der Waals surface area contributed by atoms with Gasteiger partial charge in [0.2, 0.25) is 0 Å². The molecule has 2 nitrogen and oxygen atoms in total. The van der Waals surface area contributed by atoms with Crippen LogP contribution >= 0.6 is 0 Å². The Morgan fingerprint density at radius 1 is 0.840 bits per heavy atom. The smallest absolute Gasteiger partial charge is 0.163 e. The second kappa shape index (κ2) is 6.81. The van der Waals surface area contributed by atoms with Crippen molar-refractivity contribution in [1.29, 1.82) is 0 Å². The van der Waals surface area contributed by atoms with Gasteiger partial charge in [-0.15, -0.1) is 0 Å². The quantitative estimate of drug-likeness (QED) is 0.237. The lowest BCUT2D eigenvalue weighted by atomic mass is 9.90. The second-order valence-corrected chi connectivity index (χ2v) is 6.61. The van der Waals surface area contributed by atoms with Gasteiger partial charge in [0, 0.05) is 25.2 Å². The molecule has 0 aliphatic carbocycles. The normalized spacial score (nSPS) is 11.7. The zero-order valence-corrected chi connectivity index (χ0v) is 14.5. The van der Waals surface area contributed by atoms with E-state index in [-0.39, 0.29) is 5.78 Å². The molecule has 126 valence electrons. The molecule has 2 heteroatoms. The number of benzene rings is 4. The predicted octanol–water partition coefficient (Wildman–Crippen LogP) is 5.97. The lowest BCUT2D eigenvalue weighted by molar-refractivity contribution is 0.0940. The first-order chi connectivity index (χ1) is 12.3. The van der Waals surface area contributed by atoms with Crippen molar-refractivity contribution in [3.8, 4) is 0 Å². The summed E-state index contributed by atoms with van der Waals surface area (Å²) in [6, 6.07) is 19.0. The number of hydrogen-bond acceptors (Lipinski definition) is 2. The number of hydrogen-bond donors (Lipinski definition) is 0. The Morgan fingerprint density at radius 2 is 1.52 bits per heavy atom. The highest BCUT2D eigenvalue weighted by Gasteiger charge is 2.14. The molecule has 4 aromatic rings. The molecule has 4 aromatic carbocycles. The fraction of sp³-hybridized carbons (Fsp3) is 0.261. The molecule has 0 aliphatic heterocycles. The number of ether oxygens (including phenoxy) is 1.